The lowest BCUT2D eigenvalue weighted by molar-refractivity contribution is -0.125. The molecule has 4 heteroatoms. The van der Waals surface area contributed by atoms with E-state index in [-0.39, 0.29) is 17.6 Å². The van der Waals surface area contributed by atoms with Gasteiger partial charge in [0.25, 0.3) is 0 Å². The SMILES string of the molecule is CCC1CCCCC1(Nc1cccc(F)c1)C(N)=O. The minimum atomic E-state index is -0.735. The van der Waals surface area contributed by atoms with Gasteiger partial charge >= 0.3 is 0 Å². The number of primary amides is 1. The van der Waals surface area contributed by atoms with Crippen molar-refractivity contribution in [2.45, 2.75) is 44.6 Å². The highest BCUT2D eigenvalue weighted by Crippen LogP contribution is 2.38. The van der Waals surface area contributed by atoms with Crippen molar-refractivity contribution < 1.29 is 9.18 Å². The van der Waals surface area contributed by atoms with Gasteiger partial charge in [-0.05, 0) is 37.0 Å². The molecule has 0 bridgehead atoms. The summed E-state index contributed by atoms with van der Waals surface area (Å²) in [5.41, 5.74) is 5.55. The summed E-state index contributed by atoms with van der Waals surface area (Å²) < 4.78 is 13.3. The topological polar surface area (TPSA) is 55.1 Å². The number of rotatable bonds is 4. The second-order valence-corrected chi connectivity index (χ2v) is 5.32. The summed E-state index contributed by atoms with van der Waals surface area (Å²) in [5, 5.41) is 3.22. The number of benzene rings is 1. The molecule has 1 fully saturated rings. The second kappa shape index (κ2) is 5.59. The van der Waals surface area contributed by atoms with Crippen LogP contribution in [0.25, 0.3) is 0 Å². The van der Waals surface area contributed by atoms with E-state index in [9.17, 15) is 9.18 Å². The molecule has 2 rings (SSSR count). The van der Waals surface area contributed by atoms with Crippen molar-refractivity contribution in [3.63, 3.8) is 0 Å². The first-order chi connectivity index (χ1) is 9.08. The fraction of sp³-hybridized carbons (Fsp3) is 0.533. The van der Waals surface area contributed by atoms with Gasteiger partial charge in [0.1, 0.15) is 11.4 Å². The summed E-state index contributed by atoms with van der Waals surface area (Å²) in [6, 6.07) is 6.21. The largest absolute Gasteiger partial charge is 0.371 e. The van der Waals surface area contributed by atoms with Crippen LogP contribution in [0.1, 0.15) is 39.0 Å². The van der Waals surface area contributed by atoms with Gasteiger partial charge in [-0.3, -0.25) is 4.79 Å². The molecule has 2 unspecified atom stereocenters. The Morgan fingerprint density at radius 1 is 1.53 bits per heavy atom. The number of hydrogen-bond acceptors (Lipinski definition) is 2. The van der Waals surface area contributed by atoms with E-state index in [4.69, 9.17) is 5.73 Å². The predicted octanol–water partition coefficient (Wildman–Crippen LogP) is 3.06. The zero-order valence-corrected chi connectivity index (χ0v) is 11.3. The van der Waals surface area contributed by atoms with Crippen molar-refractivity contribution in [3.05, 3.63) is 30.1 Å². The Hall–Kier alpha value is -1.58. The lowest BCUT2D eigenvalue weighted by Crippen LogP contribution is -2.57. The van der Waals surface area contributed by atoms with Crippen LogP contribution in [0.2, 0.25) is 0 Å². The van der Waals surface area contributed by atoms with E-state index in [2.05, 4.69) is 12.2 Å². The van der Waals surface area contributed by atoms with Crippen molar-refractivity contribution in [1.29, 1.82) is 0 Å². The normalized spacial score (nSPS) is 26.9. The van der Waals surface area contributed by atoms with E-state index >= 15 is 0 Å². The molecule has 2 atom stereocenters. The third-order valence-electron chi connectivity index (χ3n) is 4.20. The van der Waals surface area contributed by atoms with Crippen LogP contribution >= 0.6 is 0 Å². The van der Waals surface area contributed by atoms with Gasteiger partial charge in [0.15, 0.2) is 0 Å². The zero-order chi connectivity index (χ0) is 13.9. The van der Waals surface area contributed by atoms with Crippen LogP contribution in [0.3, 0.4) is 0 Å². The Kier molecular flexibility index (Phi) is 4.08. The van der Waals surface area contributed by atoms with Gasteiger partial charge in [0, 0.05) is 5.69 Å². The Morgan fingerprint density at radius 3 is 2.95 bits per heavy atom. The number of carbonyl (C=O) groups is 1. The van der Waals surface area contributed by atoms with Gasteiger partial charge < -0.3 is 11.1 Å². The first kappa shape index (κ1) is 13.8. The molecule has 1 aromatic rings. The molecular formula is C15H21FN2O. The molecule has 104 valence electrons. The van der Waals surface area contributed by atoms with Crippen LogP contribution in [0, 0.1) is 11.7 Å². The number of nitrogens with one attached hydrogen (secondary N) is 1. The van der Waals surface area contributed by atoms with Crippen LogP contribution in [0.15, 0.2) is 24.3 Å². The number of hydrogen-bond donors (Lipinski definition) is 2. The zero-order valence-electron chi connectivity index (χ0n) is 11.3. The number of amides is 1. The fourth-order valence-electron chi connectivity index (χ4n) is 3.17. The van der Waals surface area contributed by atoms with Crippen LogP contribution in [-0.2, 0) is 4.79 Å². The van der Waals surface area contributed by atoms with E-state index < -0.39 is 5.54 Å². The fourth-order valence-corrected chi connectivity index (χ4v) is 3.17. The maximum absolute atomic E-state index is 13.3. The van der Waals surface area contributed by atoms with E-state index in [1.54, 1.807) is 12.1 Å². The Labute approximate surface area is 113 Å². The molecular weight excluding hydrogens is 243 g/mol. The minimum absolute atomic E-state index is 0.210. The molecule has 1 saturated carbocycles. The minimum Gasteiger partial charge on any atom is -0.371 e. The van der Waals surface area contributed by atoms with Crippen LogP contribution in [0.4, 0.5) is 10.1 Å². The molecule has 0 aliphatic heterocycles. The Balaban J connectivity index is 2.31. The molecule has 1 amide bonds. The summed E-state index contributed by atoms with van der Waals surface area (Å²) >= 11 is 0. The highest BCUT2D eigenvalue weighted by Gasteiger charge is 2.44. The predicted molar refractivity (Wildman–Crippen MR) is 74.2 cm³/mol. The van der Waals surface area contributed by atoms with E-state index in [0.717, 1.165) is 32.1 Å². The third kappa shape index (κ3) is 2.72. The van der Waals surface area contributed by atoms with Crippen molar-refractivity contribution in [1.82, 2.24) is 0 Å². The van der Waals surface area contributed by atoms with Crippen LogP contribution in [0.5, 0.6) is 0 Å². The molecule has 1 aromatic carbocycles. The van der Waals surface area contributed by atoms with Gasteiger partial charge in [-0.2, -0.15) is 0 Å². The molecule has 3 nitrogen and oxygen atoms in total. The lowest BCUT2D eigenvalue weighted by atomic mass is 9.70. The molecule has 0 radical (unpaired) electrons. The monoisotopic (exact) mass is 264 g/mol. The average molecular weight is 264 g/mol. The molecule has 0 aromatic heterocycles. The van der Waals surface area contributed by atoms with Crippen molar-refractivity contribution >= 4 is 11.6 Å². The summed E-state index contributed by atoms with van der Waals surface area (Å²) in [6.07, 6.45) is 4.70. The molecule has 3 N–H and O–H groups in total. The first-order valence-electron chi connectivity index (χ1n) is 6.92. The highest BCUT2D eigenvalue weighted by atomic mass is 19.1. The van der Waals surface area contributed by atoms with Gasteiger partial charge in [0.2, 0.25) is 5.91 Å². The van der Waals surface area contributed by atoms with Crippen LogP contribution in [-0.4, -0.2) is 11.4 Å². The molecule has 0 spiro atoms. The summed E-state index contributed by atoms with van der Waals surface area (Å²) in [7, 11) is 0. The third-order valence-corrected chi connectivity index (χ3v) is 4.20. The number of anilines is 1. The van der Waals surface area contributed by atoms with Crippen LogP contribution < -0.4 is 11.1 Å². The van der Waals surface area contributed by atoms with E-state index in [0.29, 0.717) is 5.69 Å². The second-order valence-electron chi connectivity index (χ2n) is 5.32. The molecule has 0 heterocycles. The first-order valence-corrected chi connectivity index (χ1v) is 6.92. The van der Waals surface area contributed by atoms with Crippen molar-refractivity contribution in [3.8, 4) is 0 Å². The van der Waals surface area contributed by atoms with E-state index in [1.165, 1.54) is 12.1 Å². The Bertz CT molecular complexity index is 463. The summed E-state index contributed by atoms with van der Waals surface area (Å²) in [4.78, 5) is 12.0. The standard InChI is InChI=1S/C15H21FN2O/c1-2-11-6-3-4-9-15(11,14(17)19)18-13-8-5-7-12(16)10-13/h5,7-8,10-11,18H,2-4,6,9H2,1H3,(H2,17,19). The lowest BCUT2D eigenvalue weighted by Gasteiger charge is -2.42. The van der Waals surface area contributed by atoms with Gasteiger partial charge in [-0.15, -0.1) is 0 Å². The molecule has 1 aliphatic carbocycles. The van der Waals surface area contributed by atoms with Crippen molar-refractivity contribution in [2.24, 2.45) is 11.7 Å². The highest BCUT2D eigenvalue weighted by molar-refractivity contribution is 5.88. The molecule has 0 saturated heterocycles. The van der Waals surface area contributed by atoms with Gasteiger partial charge in [-0.25, -0.2) is 4.39 Å². The Morgan fingerprint density at radius 2 is 2.32 bits per heavy atom. The molecule has 1 aliphatic rings. The molecule has 19 heavy (non-hydrogen) atoms. The maximum atomic E-state index is 13.3. The van der Waals surface area contributed by atoms with Gasteiger partial charge in [-0.1, -0.05) is 32.3 Å². The number of halogens is 1. The summed E-state index contributed by atoms with van der Waals surface area (Å²) in [6.45, 7) is 2.07. The number of nitrogens with two attached hydrogens (primary N) is 1. The smallest absolute Gasteiger partial charge is 0.243 e. The average Bonchev–Trinajstić information content (AvgIpc) is 2.39. The van der Waals surface area contributed by atoms with Gasteiger partial charge in [0.05, 0.1) is 0 Å². The maximum Gasteiger partial charge on any atom is 0.243 e. The summed E-state index contributed by atoms with van der Waals surface area (Å²) in [5.74, 6) is -0.432. The van der Waals surface area contributed by atoms with E-state index in [1.807, 2.05) is 0 Å². The quantitative estimate of drug-likeness (QED) is 0.878. The van der Waals surface area contributed by atoms with Crippen molar-refractivity contribution in [2.75, 3.05) is 5.32 Å². The number of carbonyl (C=O) groups excluding carboxylic acids is 1.